The van der Waals surface area contributed by atoms with Gasteiger partial charge in [-0.05, 0) is 48.6 Å². The Morgan fingerprint density at radius 1 is 1.03 bits per heavy atom. The Kier molecular flexibility index (Phi) is 7.01. The Hall–Kier alpha value is -3.39. The van der Waals surface area contributed by atoms with Crippen molar-refractivity contribution < 1.29 is 18.8 Å². The predicted octanol–water partition coefficient (Wildman–Crippen LogP) is 3.90. The van der Waals surface area contributed by atoms with Crippen molar-refractivity contribution in [3.05, 3.63) is 76.9 Å². The van der Waals surface area contributed by atoms with E-state index in [9.17, 15) is 14.4 Å². The Labute approximate surface area is 190 Å². The van der Waals surface area contributed by atoms with Gasteiger partial charge in [0.2, 0.25) is 5.91 Å². The Morgan fingerprint density at radius 2 is 1.81 bits per heavy atom. The molecule has 1 atom stereocenters. The minimum absolute atomic E-state index is 0.0891. The molecule has 1 aromatic carbocycles. The molecule has 0 spiro atoms. The lowest BCUT2D eigenvalue weighted by Crippen LogP contribution is -2.49. The first-order valence-electron chi connectivity index (χ1n) is 10.7. The average molecular weight is 452 g/mol. The van der Waals surface area contributed by atoms with Crippen molar-refractivity contribution in [2.24, 2.45) is 0 Å². The fraction of sp³-hybridized carbons (Fsp3) is 0.292. The molecule has 1 aliphatic rings. The lowest BCUT2D eigenvalue weighted by molar-refractivity contribution is -0.127. The van der Waals surface area contributed by atoms with Crippen LogP contribution in [0.2, 0.25) is 0 Å². The quantitative estimate of drug-likeness (QED) is 0.543. The van der Waals surface area contributed by atoms with Crippen LogP contribution in [-0.4, -0.2) is 30.3 Å². The molecule has 0 bridgehead atoms. The summed E-state index contributed by atoms with van der Waals surface area (Å²) in [6.07, 6.45) is 5.48. The largest absolute Gasteiger partial charge is 0.467 e. The monoisotopic (exact) mass is 451 g/mol. The zero-order valence-corrected chi connectivity index (χ0v) is 18.3. The van der Waals surface area contributed by atoms with Gasteiger partial charge in [0.1, 0.15) is 5.76 Å². The zero-order valence-electron chi connectivity index (χ0n) is 17.5. The lowest BCUT2D eigenvalue weighted by atomic mass is 10.1. The van der Waals surface area contributed by atoms with Crippen LogP contribution in [0, 0.1) is 0 Å². The number of rotatable bonds is 8. The first kappa shape index (κ1) is 21.8. The molecule has 32 heavy (non-hydrogen) atoms. The number of carbonyl (C=O) groups is 3. The molecule has 4 rings (SSSR count). The number of nitrogens with zero attached hydrogens (tertiary/aromatic N) is 1. The molecule has 0 radical (unpaired) electrons. The van der Waals surface area contributed by atoms with Gasteiger partial charge < -0.3 is 15.1 Å². The minimum atomic E-state index is -0.987. The summed E-state index contributed by atoms with van der Waals surface area (Å²) >= 11 is 1.30. The molecule has 8 heteroatoms. The van der Waals surface area contributed by atoms with E-state index in [0.717, 1.165) is 25.7 Å². The Bertz CT molecular complexity index is 1030. The van der Waals surface area contributed by atoms with Crippen LogP contribution in [-0.2, 0) is 9.59 Å². The second-order valence-corrected chi connectivity index (χ2v) is 8.61. The standard InChI is InChI=1S/C24H25N3O4S/c28-21(16-25-23(29)20-13-7-15-32-20)27(18-10-2-1-3-11-18)22(19-12-6-14-31-19)24(30)26-17-8-4-5-9-17/h1-3,6-7,10-15,17,22H,4-5,8-9,16H2,(H,25,29)(H,26,30)/t22-/m1/s1. The highest BCUT2D eigenvalue weighted by Crippen LogP contribution is 2.29. The maximum atomic E-state index is 13.4. The van der Waals surface area contributed by atoms with Gasteiger partial charge in [0.05, 0.1) is 17.7 Å². The van der Waals surface area contributed by atoms with Crippen molar-refractivity contribution in [3.63, 3.8) is 0 Å². The topological polar surface area (TPSA) is 91.7 Å². The van der Waals surface area contributed by atoms with Crippen LogP contribution >= 0.6 is 11.3 Å². The number of thiophene rings is 1. The average Bonchev–Trinajstić information content (AvgIpc) is 3.59. The van der Waals surface area contributed by atoms with E-state index < -0.39 is 11.9 Å². The number of hydrogen-bond acceptors (Lipinski definition) is 5. The third-order valence-corrected chi connectivity index (χ3v) is 6.34. The molecule has 1 fully saturated rings. The highest BCUT2D eigenvalue weighted by Gasteiger charge is 2.36. The van der Waals surface area contributed by atoms with Crippen LogP contribution in [0.1, 0.15) is 47.2 Å². The number of benzene rings is 1. The van der Waals surface area contributed by atoms with E-state index in [1.807, 2.05) is 6.07 Å². The van der Waals surface area contributed by atoms with Crippen LogP contribution in [0.5, 0.6) is 0 Å². The molecule has 0 unspecified atom stereocenters. The zero-order chi connectivity index (χ0) is 22.3. The van der Waals surface area contributed by atoms with Gasteiger partial charge in [0.25, 0.3) is 11.8 Å². The van der Waals surface area contributed by atoms with Gasteiger partial charge in [0, 0.05) is 11.7 Å². The van der Waals surface area contributed by atoms with Crippen molar-refractivity contribution >= 4 is 34.7 Å². The molecular formula is C24H25N3O4S. The molecule has 2 N–H and O–H groups in total. The molecule has 2 aromatic heterocycles. The van der Waals surface area contributed by atoms with Crippen LogP contribution in [0.4, 0.5) is 5.69 Å². The molecule has 166 valence electrons. The van der Waals surface area contributed by atoms with E-state index >= 15 is 0 Å². The first-order valence-corrected chi connectivity index (χ1v) is 11.5. The molecule has 3 amide bonds. The van der Waals surface area contributed by atoms with Gasteiger partial charge in [-0.25, -0.2) is 0 Å². The van der Waals surface area contributed by atoms with Crippen molar-refractivity contribution in [2.75, 3.05) is 11.4 Å². The van der Waals surface area contributed by atoms with Crippen LogP contribution in [0.3, 0.4) is 0 Å². The van der Waals surface area contributed by atoms with Crippen LogP contribution in [0.15, 0.2) is 70.7 Å². The summed E-state index contributed by atoms with van der Waals surface area (Å²) in [6.45, 7) is -0.250. The summed E-state index contributed by atoms with van der Waals surface area (Å²) in [5.41, 5.74) is 0.547. The van der Waals surface area contributed by atoms with Gasteiger partial charge in [0.15, 0.2) is 6.04 Å². The molecule has 1 saturated carbocycles. The fourth-order valence-corrected chi connectivity index (χ4v) is 4.57. The summed E-state index contributed by atoms with van der Waals surface area (Å²) in [5.74, 6) is -0.675. The lowest BCUT2D eigenvalue weighted by Gasteiger charge is -2.31. The summed E-state index contributed by atoms with van der Waals surface area (Å²) in [6, 6.07) is 14.9. The van der Waals surface area contributed by atoms with E-state index in [0.29, 0.717) is 16.3 Å². The van der Waals surface area contributed by atoms with E-state index in [1.165, 1.54) is 22.5 Å². The van der Waals surface area contributed by atoms with Gasteiger partial charge in [-0.15, -0.1) is 11.3 Å². The van der Waals surface area contributed by atoms with Gasteiger partial charge in [-0.3, -0.25) is 19.3 Å². The smallest absolute Gasteiger partial charge is 0.261 e. The molecule has 0 aliphatic heterocycles. The first-order chi connectivity index (χ1) is 15.6. The highest BCUT2D eigenvalue weighted by atomic mass is 32.1. The summed E-state index contributed by atoms with van der Waals surface area (Å²) in [5, 5.41) is 7.55. The molecule has 7 nitrogen and oxygen atoms in total. The predicted molar refractivity (Wildman–Crippen MR) is 122 cm³/mol. The van der Waals surface area contributed by atoms with E-state index in [4.69, 9.17) is 4.42 Å². The fourth-order valence-electron chi connectivity index (χ4n) is 3.93. The second-order valence-electron chi connectivity index (χ2n) is 7.67. The minimum Gasteiger partial charge on any atom is -0.467 e. The molecular weight excluding hydrogens is 426 g/mol. The van der Waals surface area contributed by atoms with Crippen LogP contribution in [0.25, 0.3) is 0 Å². The van der Waals surface area contributed by atoms with Gasteiger partial charge in [-0.1, -0.05) is 37.1 Å². The SMILES string of the molecule is O=C(NCC(=O)N(c1ccccc1)[C@@H](C(=O)NC1CCCC1)c1ccco1)c1cccs1. The van der Waals surface area contributed by atoms with Crippen LogP contribution < -0.4 is 15.5 Å². The normalized spacial score (nSPS) is 14.6. The molecule has 1 aliphatic carbocycles. The summed E-state index contributed by atoms with van der Waals surface area (Å²) in [4.78, 5) is 41.1. The third-order valence-electron chi connectivity index (χ3n) is 5.47. The highest BCUT2D eigenvalue weighted by molar-refractivity contribution is 7.12. The van der Waals surface area contributed by atoms with E-state index in [-0.39, 0.29) is 24.4 Å². The van der Waals surface area contributed by atoms with E-state index in [1.54, 1.807) is 53.9 Å². The Morgan fingerprint density at radius 3 is 2.47 bits per heavy atom. The number of nitrogens with one attached hydrogen (secondary N) is 2. The number of anilines is 1. The maximum absolute atomic E-state index is 13.4. The number of para-hydroxylation sites is 1. The third kappa shape index (κ3) is 5.08. The molecule has 2 heterocycles. The second kappa shape index (κ2) is 10.3. The van der Waals surface area contributed by atoms with Crippen molar-refractivity contribution in [3.8, 4) is 0 Å². The summed E-state index contributed by atoms with van der Waals surface area (Å²) < 4.78 is 5.58. The maximum Gasteiger partial charge on any atom is 0.261 e. The molecule has 3 aromatic rings. The number of carbonyl (C=O) groups excluding carboxylic acids is 3. The van der Waals surface area contributed by atoms with Crippen molar-refractivity contribution in [2.45, 2.75) is 37.8 Å². The Balaban J connectivity index is 1.61. The number of hydrogen-bond donors (Lipinski definition) is 2. The molecule has 0 saturated heterocycles. The van der Waals surface area contributed by atoms with Crippen molar-refractivity contribution in [1.82, 2.24) is 10.6 Å². The number of furan rings is 1. The number of amides is 3. The van der Waals surface area contributed by atoms with E-state index in [2.05, 4.69) is 10.6 Å². The van der Waals surface area contributed by atoms with Gasteiger partial charge in [-0.2, -0.15) is 0 Å². The summed E-state index contributed by atoms with van der Waals surface area (Å²) in [7, 11) is 0. The van der Waals surface area contributed by atoms with Gasteiger partial charge >= 0.3 is 0 Å². The van der Waals surface area contributed by atoms with Crippen molar-refractivity contribution in [1.29, 1.82) is 0 Å².